The molecular formula is C19H31FN4O. The predicted octanol–water partition coefficient (Wildman–Crippen LogP) is 2.24. The molecule has 0 radical (unpaired) electrons. The molecular weight excluding hydrogens is 319 g/mol. The summed E-state index contributed by atoms with van der Waals surface area (Å²) >= 11 is 0. The summed E-state index contributed by atoms with van der Waals surface area (Å²) in [6, 6.07) is 7.07. The van der Waals surface area contributed by atoms with Crippen LogP contribution in [0.2, 0.25) is 0 Å². The van der Waals surface area contributed by atoms with E-state index in [2.05, 4.69) is 34.4 Å². The van der Waals surface area contributed by atoms with E-state index >= 15 is 0 Å². The Balaban J connectivity index is 1.85. The van der Waals surface area contributed by atoms with Gasteiger partial charge in [-0.15, -0.1) is 0 Å². The number of ether oxygens (including phenoxy) is 1. The molecule has 1 saturated heterocycles. The summed E-state index contributed by atoms with van der Waals surface area (Å²) < 4.78 is 18.7. The van der Waals surface area contributed by atoms with E-state index < -0.39 is 0 Å². The zero-order chi connectivity index (χ0) is 18.1. The summed E-state index contributed by atoms with van der Waals surface area (Å²) in [6.45, 7) is 9.46. The van der Waals surface area contributed by atoms with E-state index in [4.69, 9.17) is 4.74 Å². The van der Waals surface area contributed by atoms with Crippen molar-refractivity contribution in [1.82, 2.24) is 15.5 Å². The van der Waals surface area contributed by atoms with Gasteiger partial charge in [-0.3, -0.25) is 9.89 Å². The highest BCUT2D eigenvalue weighted by Gasteiger charge is 2.22. The van der Waals surface area contributed by atoms with Crippen molar-refractivity contribution < 1.29 is 9.13 Å². The summed E-state index contributed by atoms with van der Waals surface area (Å²) in [6.07, 6.45) is 1.13. The first-order chi connectivity index (χ1) is 12.1. The Morgan fingerprint density at radius 2 is 2.04 bits per heavy atom. The molecule has 1 fully saturated rings. The zero-order valence-electron chi connectivity index (χ0n) is 15.6. The molecule has 6 heteroatoms. The fourth-order valence-corrected chi connectivity index (χ4v) is 3.12. The number of benzene rings is 1. The molecule has 0 saturated carbocycles. The van der Waals surface area contributed by atoms with Crippen LogP contribution in [0.4, 0.5) is 4.39 Å². The smallest absolute Gasteiger partial charge is 0.191 e. The maximum Gasteiger partial charge on any atom is 0.191 e. The van der Waals surface area contributed by atoms with Crippen molar-refractivity contribution in [1.29, 1.82) is 0 Å². The molecule has 1 aliphatic rings. The average Bonchev–Trinajstić information content (AvgIpc) is 2.61. The van der Waals surface area contributed by atoms with Crippen molar-refractivity contribution in [3.05, 3.63) is 35.6 Å². The van der Waals surface area contributed by atoms with Gasteiger partial charge in [0.1, 0.15) is 5.82 Å². The highest BCUT2D eigenvalue weighted by atomic mass is 19.1. The van der Waals surface area contributed by atoms with Crippen LogP contribution in [0.1, 0.15) is 25.8 Å². The van der Waals surface area contributed by atoms with Crippen molar-refractivity contribution >= 4 is 5.96 Å². The number of guanidine groups is 1. The molecule has 5 nitrogen and oxygen atoms in total. The molecule has 1 aliphatic heterocycles. The molecule has 0 spiro atoms. The number of morpholine rings is 1. The first kappa shape index (κ1) is 19.7. The molecule has 0 bridgehead atoms. The third-order valence-corrected chi connectivity index (χ3v) is 4.38. The molecule has 0 aromatic heterocycles. The SMILES string of the molecule is CN=C(NCc1cccc(F)c1)NCC(CC(C)C)N1CCOCC1. The summed E-state index contributed by atoms with van der Waals surface area (Å²) in [5.41, 5.74) is 0.898. The van der Waals surface area contributed by atoms with Gasteiger partial charge in [0, 0.05) is 39.3 Å². The molecule has 140 valence electrons. The van der Waals surface area contributed by atoms with E-state index in [-0.39, 0.29) is 5.82 Å². The summed E-state index contributed by atoms with van der Waals surface area (Å²) in [4.78, 5) is 6.78. The molecule has 2 rings (SSSR count). The molecule has 1 aromatic carbocycles. The molecule has 1 atom stereocenters. The number of hydrogen-bond donors (Lipinski definition) is 2. The van der Waals surface area contributed by atoms with Crippen LogP contribution < -0.4 is 10.6 Å². The molecule has 1 unspecified atom stereocenters. The van der Waals surface area contributed by atoms with Gasteiger partial charge in [-0.2, -0.15) is 0 Å². The Morgan fingerprint density at radius 1 is 1.28 bits per heavy atom. The first-order valence-corrected chi connectivity index (χ1v) is 9.09. The minimum absolute atomic E-state index is 0.216. The molecule has 0 aliphatic carbocycles. The van der Waals surface area contributed by atoms with Gasteiger partial charge in [0.15, 0.2) is 5.96 Å². The Labute approximate surface area is 150 Å². The quantitative estimate of drug-likeness (QED) is 0.585. The number of nitrogens with one attached hydrogen (secondary N) is 2. The predicted molar refractivity (Wildman–Crippen MR) is 100 cm³/mol. The van der Waals surface area contributed by atoms with Gasteiger partial charge < -0.3 is 15.4 Å². The van der Waals surface area contributed by atoms with Gasteiger partial charge >= 0.3 is 0 Å². The van der Waals surface area contributed by atoms with Gasteiger partial charge in [-0.25, -0.2) is 4.39 Å². The van der Waals surface area contributed by atoms with Crippen LogP contribution in [0.25, 0.3) is 0 Å². The van der Waals surface area contributed by atoms with Crippen LogP contribution in [0.3, 0.4) is 0 Å². The molecule has 2 N–H and O–H groups in total. The minimum atomic E-state index is -0.216. The lowest BCUT2D eigenvalue weighted by Gasteiger charge is -2.35. The summed E-state index contributed by atoms with van der Waals surface area (Å²) in [5, 5.41) is 6.67. The van der Waals surface area contributed by atoms with Crippen LogP contribution in [-0.2, 0) is 11.3 Å². The maximum absolute atomic E-state index is 13.3. The van der Waals surface area contributed by atoms with Gasteiger partial charge in [0.05, 0.1) is 13.2 Å². The molecule has 0 amide bonds. The van der Waals surface area contributed by atoms with Crippen LogP contribution >= 0.6 is 0 Å². The first-order valence-electron chi connectivity index (χ1n) is 9.09. The molecule has 25 heavy (non-hydrogen) atoms. The summed E-state index contributed by atoms with van der Waals surface area (Å²) in [7, 11) is 1.76. The van der Waals surface area contributed by atoms with Crippen molar-refractivity contribution in [2.75, 3.05) is 39.9 Å². The van der Waals surface area contributed by atoms with E-state index in [0.29, 0.717) is 18.5 Å². The van der Waals surface area contributed by atoms with Crippen molar-refractivity contribution in [3.63, 3.8) is 0 Å². The van der Waals surface area contributed by atoms with Crippen molar-refractivity contribution in [2.45, 2.75) is 32.9 Å². The second-order valence-corrected chi connectivity index (χ2v) is 6.87. The van der Waals surface area contributed by atoms with Crippen molar-refractivity contribution in [2.24, 2.45) is 10.9 Å². The van der Waals surface area contributed by atoms with Crippen LogP contribution in [0.15, 0.2) is 29.3 Å². The Bertz CT molecular complexity index is 544. The maximum atomic E-state index is 13.3. The lowest BCUT2D eigenvalue weighted by atomic mass is 10.0. The fraction of sp³-hybridized carbons (Fsp3) is 0.632. The largest absolute Gasteiger partial charge is 0.379 e. The highest BCUT2D eigenvalue weighted by molar-refractivity contribution is 5.79. The zero-order valence-corrected chi connectivity index (χ0v) is 15.6. The lowest BCUT2D eigenvalue weighted by Crippen LogP contribution is -2.50. The Morgan fingerprint density at radius 3 is 2.68 bits per heavy atom. The normalized spacial score (nSPS) is 17.6. The number of nitrogens with zero attached hydrogens (tertiary/aromatic N) is 2. The summed E-state index contributed by atoms with van der Waals surface area (Å²) in [5.74, 6) is 1.16. The monoisotopic (exact) mass is 350 g/mol. The Kier molecular flexibility index (Phi) is 8.15. The molecule has 1 aromatic rings. The van der Waals surface area contributed by atoms with Gasteiger partial charge in [0.25, 0.3) is 0 Å². The van der Waals surface area contributed by atoms with E-state index in [1.807, 2.05) is 6.07 Å². The van der Waals surface area contributed by atoms with E-state index in [1.54, 1.807) is 13.1 Å². The second kappa shape index (κ2) is 10.4. The topological polar surface area (TPSA) is 48.9 Å². The van der Waals surface area contributed by atoms with Crippen LogP contribution in [-0.4, -0.2) is 56.8 Å². The van der Waals surface area contributed by atoms with Gasteiger partial charge in [-0.05, 0) is 30.0 Å². The number of halogens is 1. The molecule has 1 heterocycles. The van der Waals surface area contributed by atoms with E-state index in [9.17, 15) is 4.39 Å². The van der Waals surface area contributed by atoms with Gasteiger partial charge in [0.2, 0.25) is 0 Å². The standard InChI is InChI=1S/C19H31FN4O/c1-15(2)11-18(24-7-9-25-10-8-24)14-23-19(21-3)22-13-16-5-4-6-17(20)12-16/h4-6,12,15,18H,7-11,13-14H2,1-3H3,(H2,21,22,23). The van der Waals surface area contributed by atoms with Crippen LogP contribution in [0, 0.1) is 11.7 Å². The third kappa shape index (κ3) is 7.00. The van der Waals surface area contributed by atoms with Crippen molar-refractivity contribution in [3.8, 4) is 0 Å². The second-order valence-electron chi connectivity index (χ2n) is 6.87. The van der Waals surface area contributed by atoms with Gasteiger partial charge in [-0.1, -0.05) is 26.0 Å². The Hall–Kier alpha value is -1.66. The number of rotatable bonds is 7. The minimum Gasteiger partial charge on any atom is -0.379 e. The van der Waals surface area contributed by atoms with E-state index in [0.717, 1.165) is 50.8 Å². The van der Waals surface area contributed by atoms with E-state index in [1.165, 1.54) is 12.1 Å². The number of hydrogen-bond acceptors (Lipinski definition) is 3. The lowest BCUT2D eigenvalue weighted by molar-refractivity contribution is 0.0132. The number of aliphatic imine (C=N–C) groups is 1. The fourth-order valence-electron chi connectivity index (χ4n) is 3.12. The van der Waals surface area contributed by atoms with Crippen LogP contribution in [0.5, 0.6) is 0 Å². The third-order valence-electron chi connectivity index (χ3n) is 4.38. The highest BCUT2D eigenvalue weighted by Crippen LogP contribution is 2.13. The average molecular weight is 350 g/mol.